The van der Waals surface area contributed by atoms with Crippen LogP contribution in [0.25, 0.3) is 0 Å². The van der Waals surface area contributed by atoms with Gasteiger partial charge in [-0.3, -0.25) is 4.79 Å². The first-order valence-corrected chi connectivity index (χ1v) is 8.59. The Hall–Kier alpha value is -2.80. The summed E-state index contributed by atoms with van der Waals surface area (Å²) in [5.41, 5.74) is 4.54. The van der Waals surface area contributed by atoms with Crippen molar-refractivity contribution in [2.75, 3.05) is 17.2 Å². The fourth-order valence-electron chi connectivity index (χ4n) is 2.76. The molecule has 2 N–H and O–H groups in total. The average molecular weight is 335 g/mol. The monoisotopic (exact) mass is 335 g/mol. The normalized spacial score (nSPS) is 10.6. The zero-order valence-electron chi connectivity index (χ0n) is 15.3. The topological polar surface area (TPSA) is 64.9 Å². The van der Waals surface area contributed by atoms with Crippen LogP contribution >= 0.6 is 0 Å². The van der Waals surface area contributed by atoms with E-state index in [1.807, 2.05) is 12.1 Å². The number of anilines is 2. The third-order valence-electron chi connectivity index (χ3n) is 4.08. The van der Waals surface area contributed by atoms with E-state index >= 15 is 0 Å². The molecule has 0 saturated carbocycles. The molecule has 0 aliphatic carbocycles. The smallest absolute Gasteiger partial charge is 0.243 e. The maximum absolute atomic E-state index is 12.5. The van der Waals surface area contributed by atoms with Crippen molar-refractivity contribution >= 4 is 17.3 Å². The molecule has 130 valence electrons. The lowest BCUT2D eigenvalue weighted by Crippen LogP contribution is -2.23. The minimum absolute atomic E-state index is 0.0997. The van der Waals surface area contributed by atoms with Gasteiger partial charge >= 0.3 is 0 Å². The highest BCUT2D eigenvalue weighted by atomic mass is 16.1. The summed E-state index contributed by atoms with van der Waals surface area (Å²) in [6.45, 7) is 8.65. The molecule has 2 aromatic rings. The van der Waals surface area contributed by atoms with E-state index in [4.69, 9.17) is 5.26 Å². The molecule has 0 aliphatic heterocycles. The second kappa shape index (κ2) is 8.34. The molecule has 2 aromatic carbocycles. The Morgan fingerprint density at radius 1 is 1.04 bits per heavy atom. The molecule has 2 rings (SSSR count). The molecule has 0 aliphatic rings. The number of nitriles is 1. The average Bonchev–Trinajstić information content (AvgIpc) is 2.60. The summed E-state index contributed by atoms with van der Waals surface area (Å²) >= 11 is 0. The van der Waals surface area contributed by atoms with Crippen LogP contribution in [0.3, 0.4) is 0 Å². The molecule has 1 amide bonds. The Morgan fingerprint density at radius 2 is 1.64 bits per heavy atom. The fourth-order valence-corrected chi connectivity index (χ4v) is 2.76. The fraction of sp³-hybridized carbons (Fsp3) is 0.333. The molecule has 0 bridgehead atoms. The summed E-state index contributed by atoms with van der Waals surface area (Å²) < 4.78 is 0. The number of hydrogen-bond acceptors (Lipinski definition) is 3. The molecule has 0 saturated heterocycles. The van der Waals surface area contributed by atoms with Crippen LogP contribution in [0.4, 0.5) is 11.4 Å². The van der Waals surface area contributed by atoms with E-state index in [2.05, 4.69) is 56.5 Å². The molecule has 0 heterocycles. The van der Waals surface area contributed by atoms with Gasteiger partial charge in [-0.2, -0.15) is 5.26 Å². The lowest BCUT2D eigenvalue weighted by Gasteiger charge is -2.20. The number of nitrogens with zero attached hydrogens (tertiary/aromatic N) is 1. The largest absolute Gasteiger partial charge is 0.376 e. The molecule has 0 atom stereocenters. The number of carbonyl (C=O) groups excluding carboxylic acids is 1. The number of rotatable bonds is 6. The Morgan fingerprint density at radius 3 is 2.20 bits per heavy atom. The lowest BCUT2D eigenvalue weighted by molar-refractivity contribution is -0.114. The molecule has 0 spiro atoms. The van der Waals surface area contributed by atoms with Gasteiger partial charge in [0.15, 0.2) is 0 Å². The third kappa shape index (κ3) is 4.84. The summed E-state index contributed by atoms with van der Waals surface area (Å²) in [7, 11) is 0. The quantitative estimate of drug-likeness (QED) is 0.792. The van der Waals surface area contributed by atoms with E-state index < -0.39 is 0 Å². The van der Waals surface area contributed by atoms with Gasteiger partial charge < -0.3 is 10.6 Å². The van der Waals surface area contributed by atoms with Crippen molar-refractivity contribution < 1.29 is 4.79 Å². The number of benzene rings is 2. The number of carbonyl (C=O) groups is 1. The third-order valence-corrected chi connectivity index (χ3v) is 4.08. The van der Waals surface area contributed by atoms with Crippen molar-refractivity contribution in [2.24, 2.45) is 0 Å². The molecule has 0 aromatic heterocycles. The number of amides is 1. The number of nitrogens with one attached hydrogen (secondary N) is 2. The van der Waals surface area contributed by atoms with Crippen LogP contribution in [0.5, 0.6) is 0 Å². The Kier molecular flexibility index (Phi) is 6.19. The van der Waals surface area contributed by atoms with Gasteiger partial charge in [0.25, 0.3) is 0 Å². The van der Waals surface area contributed by atoms with Gasteiger partial charge in [0.05, 0.1) is 18.2 Å². The number of para-hydroxylation sites is 1. The van der Waals surface area contributed by atoms with Gasteiger partial charge in [0, 0.05) is 11.4 Å². The van der Waals surface area contributed by atoms with E-state index in [1.54, 1.807) is 18.2 Å². The van der Waals surface area contributed by atoms with Crippen LogP contribution in [0.1, 0.15) is 56.2 Å². The molecule has 0 unspecified atom stereocenters. The second-order valence-electron chi connectivity index (χ2n) is 6.72. The molecular weight excluding hydrogens is 310 g/mol. The van der Waals surface area contributed by atoms with E-state index in [9.17, 15) is 4.79 Å². The summed E-state index contributed by atoms with van der Waals surface area (Å²) in [5, 5.41) is 15.1. The highest BCUT2D eigenvalue weighted by Gasteiger charge is 2.15. The maximum atomic E-state index is 12.5. The van der Waals surface area contributed by atoms with Crippen LogP contribution in [-0.2, 0) is 4.79 Å². The van der Waals surface area contributed by atoms with Crippen LogP contribution in [0.2, 0.25) is 0 Å². The van der Waals surface area contributed by atoms with E-state index in [1.165, 1.54) is 0 Å². The van der Waals surface area contributed by atoms with Crippen LogP contribution < -0.4 is 10.6 Å². The molecule has 4 heteroatoms. The number of hydrogen-bond donors (Lipinski definition) is 2. The molecular formula is C21H25N3O. The lowest BCUT2D eigenvalue weighted by atomic mass is 9.92. The first-order chi connectivity index (χ1) is 11.9. The van der Waals surface area contributed by atoms with Gasteiger partial charge in [0.2, 0.25) is 5.91 Å². The molecule has 25 heavy (non-hydrogen) atoms. The van der Waals surface area contributed by atoms with Gasteiger partial charge in [0.1, 0.15) is 0 Å². The Labute approximate surface area is 149 Å². The first-order valence-electron chi connectivity index (χ1n) is 8.59. The Bertz CT molecular complexity index is 762. The van der Waals surface area contributed by atoms with Crippen LogP contribution in [0, 0.1) is 11.3 Å². The minimum atomic E-state index is -0.0997. The predicted molar refractivity (Wildman–Crippen MR) is 103 cm³/mol. The highest BCUT2D eigenvalue weighted by molar-refractivity contribution is 5.95. The summed E-state index contributed by atoms with van der Waals surface area (Å²) in [5.74, 6) is 0.556. The van der Waals surface area contributed by atoms with Crippen molar-refractivity contribution in [1.82, 2.24) is 0 Å². The molecule has 0 fully saturated rings. The minimum Gasteiger partial charge on any atom is -0.376 e. The Balaban J connectivity index is 2.13. The van der Waals surface area contributed by atoms with E-state index in [0.717, 1.165) is 22.5 Å². The zero-order valence-corrected chi connectivity index (χ0v) is 15.3. The van der Waals surface area contributed by atoms with Crippen molar-refractivity contribution in [3.8, 4) is 6.07 Å². The first kappa shape index (κ1) is 18.5. The van der Waals surface area contributed by atoms with Crippen molar-refractivity contribution in [1.29, 1.82) is 5.26 Å². The van der Waals surface area contributed by atoms with Gasteiger partial charge in [-0.15, -0.1) is 0 Å². The van der Waals surface area contributed by atoms with Crippen molar-refractivity contribution in [2.45, 2.75) is 39.5 Å². The summed E-state index contributed by atoms with van der Waals surface area (Å²) in [6, 6.07) is 15.4. The van der Waals surface area contributed by atoms with E-state index in [0.29, 0.717) is 17.4 Å². The summed E-state index contributed by atoms with van der Waals surface area (Å²) in [6.07, 6.45) is 0. The standard InChI is InChI=1S/C21H25N3O/c1-14(2)18-9-6-10-19(15(3)4)21(18)24-20(25)13-23-17-8-5-7-16(11-17)12-22/h5-11,14-15,23H,13H2,1-4H3,(H,24,25). The van der Waals surface area contributed by atoms with Gasteiger partial charge in [-0.25, -0.2) is 0 Å². The molecule has 4 nitrogen and oxygen atoms in total. The van der Waals surface area contributed by atoms with Crippen molar-refractivity contribution in [3.63, 3.8) is 0 Å². The van der Waals surface area contributed by atoms with Crippen LogP contribution in [0.15, 0.2) is 42.5 Å². The van der Waals surface area contributed by atoms with E-state index in [-0.39, 0.29) is 12.5 Å². The van der Waals surface area contributed by atoms with Gasteiger partial charge in [-0.1, -0.05) is 52.0 Å². The predicted octanol–water partition coefficient (Wildman–Crippen LogP) is 4.86. The SMILES string of the molecule is CC(C)c1cccc(C(C)C)c1NC(=O)CNc1cccc(C#N)c1. The van der Waals surface area contributed by atoms with Crippen molar-refractivity contribution in [3.05, 3.63) is 59.2 Å². The highest BCUT2D eigenvalue weighted by Crippen LogP contribution is 2.32. The summed E-state index contributed by atoms with van der Waals surface area (Å²) in [4.78, 5) is 12.5. The second-order valence-corrected chi connectivity index (χ2v) is 6.72. The molecule has 0 radical (unpaired) electrons. The maximum Gasteiger partial charge on any atom is 0.243 e. The van der Waals surface area contributed by atoms with Gasteiger partial charge in [-0.05, 0) is 41.2 Å². The van der Waals surface area contributed by atoms with Crippen LogP contribution in [-0.4, -0.2) is 12.5 Å². The zero-order chi connectivity index (χ0) is 18.4.